The van der Waals surface area contributed by atoms with Crippen molar-refractivity contribution in [1.82, 2.24) is 14.5 Å². The fourth-order valence-electron chi connectivity index (χ4n) is 7.63. The van der Waals surface area contributed by atoms with Crippen LogP contribution in [0.4, 0.5) is 0 Å². The zero-order valence-corrected chi connectivity index (χ0v) is 24.9. The van der Waals surface area contributed by atoms with Gasteiger partial charge in [-0.25, -0.2) is 9.97 Å². The molecule has 0 fully saturated rings. The number of rotatable bonds is 2. The van der Waals surface area contributed by atoms with Gasteiger partial charge in [0, 0.05) is 33.0 Å². The Kier molecular flexibility index (Phi) is 4.76. The quantitative estimate of drug-likeness (QED) is 0.205. The van der Waals surface area contributed by atoms with E-state index in [-0.39, 0.29) is 5.41 Å². The molecule has 2 aromatic heterocycles. The van der Waals surface area contributed by atoms with Gasteiger partial charge >= 0.3 is 0 Å². The van der Waals surface area contributed by atoms with E-state index in [0.717, 1.165) is 44.9 Å². The van der Waals surface area contributed by atoms with E-state index in [4.69, 9.17) is 14.7 Å². The maximum absolute atomic E-state index is 6.20. The summed E-state index contributed by atoms with van der Waals surface area (Å²) in [5, 5.41) is 3.49. The Morgan fingerprint density at radius 2 is 1.33 bits per heavy atom. The van der Waals surface area contributed by atoms with Crippen LogP contribution >= 0.6 is 0 Å². The molecule has 4 heteroatoms. The summed E-state index contributed by atoms with van der Waals surface area (Å²) >= 11 is 0. The number of benzene rings is 6. The monoisotopic (exact) mass is 577 g/mol. The minimum atomic E-state index is -0.0670. The van der Waals surface area contributed by atoms with Crippen LogP contribution in [0.25, 0.3) is 72.2 Å². The van der Waals surface area contributed by atoms with Crippen LogP contribution in [0, 0.1) is 0 Å². The van der Waals surface area contributed by atoms with Crippen LogP contribution in [0.2, 0.25) is 0 Å². The first-order chi connectivity index (χ1) is 22.1. The molecule has 6 aromatic carbocycles. The summed E-state index contributed by atoms with van der Waals surface area (Å²) in [5.74, 6) is 2.33. The van der Waals surface area contributed by atoms with Crippen LogP contribution < -0.4 is 4.74 Å². The van der Waals surface area contributed by atoms with Gasteiger partial charge in [-0.3, -0.25) is 0 Å². The molecule has 0 bridgehead atoms. The van der Waals surface area contributed by atoms with Crippen molar-refractivity contribution in [3.8, 4) is 51.0 Å². The van der Waals surface area contributed by atoms with E-state index in [2.05, 4.69) is 109 Å². The lowest BCUT2D eigenvalue weighted by Gasteiger charge is -2.21. The van der Waals surface area contributed by atoms with Gasteiger partial charge in [-0.05, 0) is 89.0 Å². The van der Waals surface area contributed by atoms with Crippen molar-refractivity contribution in [2.24, 2.45) is 0 Å². The topological polar surface area (TPSA) is 39.9 Å². The fraction of sp³-hybridized carbons (Fsp3) is 0.0732. The largest absolute Gasteiger partial charge is 0.456 e. The number of fused-ring (bicyclic) bond motifs is 8. The lowest BCUT2D eigenvalue weighted by atomic mass is 9.82. The molecule has 0 saturated heterocycles. The van der Waals surface area contributed by atoms with Crippen molar-refractivity contribution in [2.45, 2.75) is 19.3 Å². The van der Waals surface area contributed by atoms with Gasteiger partial charge in [-0.2, -0.15) is 0 Å². The summed E-state index contributed by atoms with van der Waals surface area (Å²) in [6, 6.07) is 45.2. The average molecular weight is 578 g/mol. The van der Waals surface area contributed by atoms with Crippen LogP contribution in [0.1, 0.15) is 25.0 Å². The van der Waals surface area contributed by atoms with Crippen molar-refractivity contribution in [3.05, 3.63) is 139 Å². The molecule has 45 heavy (non-hydrogen) atoms. The van der Waals surface area contributed by atoms with E-state index < -0.39 is 0 Å². The second-order valence-corrected chi connectivity index (χ2v) is 12.6. The van der Waals surface area contributed by atoms with E-state index in [1.54, 1.807) is 0 Å². The Morgan fingerprint density at radius 3 is 2.22 bits per heavy atom. The molecule has 1 aliphatic heterocycles. The molecule has 4 nitrogen and oxygen atoms in total. The Labute approximate surface area is 260 Å². The SMILES string of the molecule is CC1(C)c2ccccc2-c2cc3c4ccccc4n(-c4ccc(-c5nc6c7c(cccc7n5)Oc5ccccc5-6)cc4)c3cc21. The number of aromatic nitrogens is 3. The maximum Gasteiger partial charge on any atom is 0.160 e. The normalized spacial score (nSPS) is 13.9. The standard InChI is InChI=1S/C41H27N3O/c1-41(2)31-13-6-3-10-26(31)29-22-30-27-11-4-7-15-34(27)44(35(30)23-32(29)41)25-20-18-24(19-21-25)40-42-33-14-9-17-37-38(33)39(43-40)28-12-5-8-16-36(28)45-37/h3-23H,1-2H3. The van der Waals surface area contributed by atoms with Gasteiger partial charge in [0.15, 0.2) is 5.82 Å². The summed E-state index contributed by atoms with van der Waals surface area (Å²) in [6.45, 7) is 4.69. The number of hydrogen-bond acceptors (Lipinski definition) is 3. The van der Waals surface area contributed by atoms with Crippen LogP contribution in [0.5, 0.6) is 11.5 Å². The molecule has 10 rings (SSSR count). The third-order valence-corrected chi connectivity index (χ3v) is 9.81. The van der Waals surface area contributed by atoms with Crippen molar-refractivity contribution in [1.29, 1.82) is 0 Å². The van der Waals surface area contributed by atoms with Crippen molar-refractivity contribution >= 4 is 32.7 Å². The molecule has 0 radical (unpaired) electrons. The van der Waals surface area contributed by atoms with Crippen LogP contribution in [0.15, 0.2) is 127 Å². The molecule has 8 aromatic rings. The Balaban J connectivity index is 1.15. The zero-order chi connectivity index (χ0) is 29.9. The summed E-state index contributed by atoms with van der Waals surface area (Å²) < 4.78 is 8.60. The smallest absolute Gasteiger partial charge is 0.160 e. The Morgan fingerprint density at radius 1 is 0.578 bits per heavy atom. The number of hydrogen-bond donors (Lipinski definition) is 0. The van der Waals surface area contributed by atoms with Crippen LogP contribution in [-0.2, 0) is 5.41 Å². The van der Waals surface area contributed by atoms with Gasteiger partial charge in [0.25, 0.3) is 0 Å². The molecule has 0 spiro atoms. The number of ether oxygens (including phenoxy) is 1. The van der Waals surface area contributed by atoms with Gasteiger partial charge < -0.3 is 9.30 Å². The average Bonchev–Trinajstić information content (AvgIpc) is 3.52. The van der Waals surface area contributed by atoms with E-state index in [1.807, 2.05) is 36.4 Å². The molecule has 0 amide bonds. The lowest BCUT2D eigenvalue weighted by molar-refractivity contribution is 0.486. The van der Waals surface area contributed by atoms with Gasteiger partial charge in [0.1, 0.15) is 11.5 Å². The fourth-order valence-corrected chi connectivity index (χ4v) is 7.63. The van der Waals surface area contributed by atoms with E-state index >= 15 is 0 Å². The van der Waals surface area contributed by atoms with Crippen LogP contribution in [-0.4, -0.2) is 14.5 Å². The number of nitrogens with zero attached hydrogens (tertiary/aromatic N) is 3. The summed E-state index contributed by atoms with van der Waals surface area (Å²) in [5.41, 5.74) is 12.7. The molecule has 0 N–H and O–H groups in total. The first-order valence-electron chi connectivity index (χ1n) is 15.4. The molecule has 1 aliphatic carbocycles. The molecule has 0 unspecified atom stereocenters. The Bertz CT molecular complexity index is 2540. The molecule has 0 atom stereocenters. The predicted octanol–water partition coefficient (Wildman–Crippen LogP) is 10.5. The molecule has 212 valence electrons. The van der Waals surface area contributed by atoms with Gasteiger partial charge in [-0.1, -0.05) is 74.5 Å². The van der Waals surface area contributed by atoms with Gasteiger partial charge in [0.2, 0.25) is 0 Å². The highest BCUT2D eigenvalue weighted by Gasteiger charge is 2.36. The molecular formula is C41H27N3O. The maximum atomic E-state index is 6.20. The van der Waals surface area contributed by atoms with Gasteiger partial charge in [0.05, 0.1) is 27.6 Å². The molecule has 3 heterocycles. The van der Waals surface area contributed by atoms with Crippen molar-refractivity contribution < 1.29 is 4.74 Å². The van der Waals surface area contributed by atoms with Crippen molar-refractivity contribution in [3.63, 3.8) is 0 Å². The molecule has 0 saturated carbocycles. The highest BCUT2D eigenvalue weighted by molar-refractivity contribution is 6.11. The highest BCUT2D eigenvalue weighted by atomic mass is 16.5. The van der Waals surface area contributed by atoms with Crippen LogP contribution in [0.3, 0.4) is 0 Å². The second-order valence-electron chi connectivity index (χ2n) is 12.6. The Hall–Kier alpha value is -5.74. The lowest BCUT2D eigenvalue weighted by Crippen LogP contribution is -2.14. The third-order valence-electron chi connectivity index (χ3n) is 9.81. The van der Waals surface area contributed by atoms with E-state index in [9.17, 15) is 0 Å². The summed E-state index contributed by atoms with van der Waals surface area (Å²) in [6.07, 6.45) is 0. The number of para-hydroxylation sites is 2. The third kappa shape index (κ3) is 3.31. The summed E-state index contributed by atoms with van der Waals surface area (Å²) in [7, 11) is 0. The minimum Gasteiger partial charge on any atom is -0.456 e. The minimum absolute atomic E-state index is 0.0670. The van der Waals surface area contributed by atoms with E-state index in [1.165, 1.54) is 44.1 Å². The van der Waals surface area contributed by atoms with Gasteiger partial charge in [-0.15, -0.1) is 0 Å². The molecule has 2 aliphatic rings. The predicted molar refractivity (Wildman–Crippen MR) is 182 cm³/mol. The molecular weight excluding hydrogens is 550 g/mol. The van der Waals surface area contributed by atoms with E-state index in [0.29, 0.717) is 5.82 Å². The first-order valence-corrected chi connectivity index (χ1v) is 15.4. The summed E-state index contributed by atoms with van der Waals surface area (Å²) in [4.78, 5) is 10.1. The zero-order valence-electron chi connectivity index (χ0n) is 24.9. The highest BCUT2D eigenvalue weighted by Crippen LogP contribution is 2.51. The second kappa shape index (κ2) is 8.67. The van der Waals surface area contributed by atoms with Crippen molar-refractivity contribution in [2.75, 3.05) is 0 Å². The first kappa shape index (κ1) is 24.7.